The average molecular weight is 247 g/mol. The largest absolute Gasteiger partial charge is 0.352 e. The molecule has 0 saturated carbocycles. The number of aromatic nitrogens is 1. The first-order chi connectivity index (χ1) is 8.84. The SMILES string of the molecule is O=C(CCC1CCNCC1)NCc1ccncc1. The van der Waals surface area contributed by atoms with Crippen molar-refractivity contribution in [3.05, 3.63) is 30.1 Å². The van der Waals surface area contributed by atoms with E-state index in [2.05, 4.69) is 15.6 Å². The van der Waals surface area contributed by atoms with Crippen LogP contribution in [-0.4, -0.2) is 24.0 Å². The van der Waals surface area contributed by atoms with Crippen molar-refractivity contribution in [3.8, 4) is 0 Å². The maximum atomic E-state index is 11.7. The number of hydrogen-bond donors (Lipinski definition) is 2. The third-order valence-electron chi connectivity index (χ3n) is 3.48. The minimum atomic E-state index is 0.158. The predicted octanol–water partition coefficient (Wildman–Crippen LogP) is 1.48. The molecule has 0 aliphatic carbocycles. The number of amides is 1. The van der Waals surface area contributed by atoms with E-state index in [-0.39, 0.29) is 5.91 Å². The second-order valence-electron chi connectivity index (χ2n) is 4.86. The topological polar surface area (TPSA) is 54.0 Å². The lowest BCUT2D eigenvalue weighted by atomic mass is 9.93. The molecule has 1 amide bonds. The molecule has 0 atom stereocenters. The number of carbonyl (C=O) groups is 1. The number of pyridine rings is 1. The Morgan fingerprint density at radius 3 is 2.78 bits per heavy atom. The van der Waals surface area contributed by atoms with E-state index >= 15 is 0 Å². The van der Waals surface area contributed by atoms with E-state index in [1.807, 2.05) is 12.1 Å². The van der Waals surface area contributed by atoms with Gasteiger partial charge in [-0.2, -0.15) is 0 Å². The smallest absolute Gasteiger partial charge is 0.220 e. The van der Waals surface area contributed by atoms with E-state index in [1.54, 1.807) is 12.4 Å². The van der Waals surface area contributed by atoms with Crippen molar-refractivity contribution in [1.29, 1.82) is 0 Å². The van der Waals surface area contributed by atoms with Gasteiger partial charge < -0.3 is 10.6 Å². The Bertz CT molecular complexity index is 361. The van der Waals surface area contributed by atoms with E-state index in [4.69, 9.17) is 0 Å². The van der Waals surface area contributed by atoms with Crippen molar-refractivity contribution >= 4 is 5.91 Å². The molecule has 0 bridgehead atoms. The van der Waals surface area contributed by atoms with Crippen molar-refractivity contribution in [2.75, 3.05) is 13.1 Å². The van der Waals surface area contributed by atoms with Gasteiger partial charge in [0.1, 0.15) is 0 Å². The van der Waals surface area contributed by atoms with E-state index in [9.17, 15) is 4.79 Å². The van der Waals surface area contributed by atoms with Crippen molar-refractivity contribution in [2.24, 2.45) is 5.92 Å². The van der Waals surface area contributed by atoms with Crippen molar-refractivity contribution in [2.45, 2.75) is 32.2 Å². The Labute approximate surface area is 108 Å². The van der Waals surface area contributed by atoms with Crippen LogP contribution in [0.4, 0.5) is 0 Å². The fraction of sp³-hybridized carbons (Fsp3) is 0.571. The van der Waals surface area contributed by atoms with Gasteiger partial charge in [-0.15, -0.1) is 0 Å². The summed E-state index contributed by atoms with van der Waals surface area (Å²) in [5, 5.41) is 6.30. The molecule has 0 unspecified atom stereocenters. The molecule has 2 heterocycles. The summed E-state index contributed by atoms with van der Waals surface area (Å²) in [5.74, 6) is 0.878. The Hall–Kier alpha value is -1.42. The lowest BCUT2D eigenvalue weighted by Gasteiger charge is -2.22. The summed E-state index contributed by atoms with van der Waals surface area (Å²) >= 11 is 0. The molecule has 2 N–H and O–H groups in total. The lowest BCUT2D eigenvalue weighted by molar-refractivity contribution is -0.121. The van der Waals surface area contributed by atoms with Gasteiger partial charge in [0.15, 0.2) is 0 Å². The molecule has 1 saturated heterocycles. The Kier molecular flexibility index (Phi) is 5.15. The van der Waals surface area contributed by atoms with Gasteiger partial charge >= 0.3 is 0 Å². The van der Waals surface area contributed by atoms with E-state index in [1.165, 1.54) is 12.8 Å². The molecule has 0 aromatic carbocycles. The number of rotatable bonds is 5. The highest BCUT2D eigenvalue weighted by Gasteiger charge is 2.14. The van der Waals surface area contributed by atoms with Crippen LogP contribution in [0.5, 0.6) is 0 Å². The Morgan fingerprint density at radius 1 is 1.33 bits per heavy atom. The molecular formula is C14H21N3O. The predicted molar refractivity (Wildman–Crippen MR) is 70.9 cm³/mol. The van der Waals surface area contributed by atoms with Crippen LogP contribution in [0.1, 0.15) is 31.2 Å². The first kappa shape index (κ1) is 13.0. The first-order valence-corrected chi connectivity index (χ1v) is 6.71. The highest BCUT2D eigenvalue weighted by molar-refractivity contribution is 5.75. The summed E-state index contributed by atoms with van der Waals surface area (Å²) in [6, 6.07) is 3.85. The molecule has 4 nitrogen and oxygen atoms in total. The molecule has 1 aromatic rings. The summed E-state index contributed by atoms with van der Waals surface area (Å²) in [6.07, 6.45) is 7.57. The molecule has 98 valence electrons. The maximum absolute atomic E-state index is 11.7. The van der Waals surface area contributed by atoms with Gasteiger partial charge in [-0.1, -0.05) is 0 Å². The molecule has 2 rings (SSSR count). The number of nitrogens with one attached hydrogen (secondary N) is 2. The molecule has 0 radical (unpaired) electrons. The van der Waals surface area contributed by atoms with E-state index in [0.29, 0.717) is 13.0 Å². The zero-order valence-electron chi connectivity index (χ0n) is 10.7. The van der Waals surface area contributed by atoms with Gasteiger partial charge in [-0.05, 0) is 56.0 Å². The lowest BCUT2D eigenvalue weighted by Crippen LogP contribution is -2.29. The highest BCUT2D eigenvalue weighted by atomic mass is 16.1. The van der Waals surface area contributed by atoms with Crippen LogP contribution < -0.4 is 10.6 Å². The quantitative estimate of drug-likeness (QED) is 0.828. The Balaban J connectivity index is 1.63. The van der Waals surface area contributed by atoms with Crippen molar-refractivity contribution < 1.29 is 4.79 Å². The van der Waals surface area contributed by atoms with Crippen LogP contribution in [0.25, 0.3) is 0 Å². The molecular weight excluding hydrogens is 226 g/mol. The minimum Gasteiger partial charge on any atom is -0.352 e. The summed E-state index contributed by atoms with van der Waals surface area (Å²) in [4.78, 5) is 15.7. The second kappa shape index (κ2) is 7.11. The number of nitrogens with zero attached hydrogens (tertiary/aromatic N) is 1. The molecule has 1 fully saturated rings. The standard InChI is InChI=1S/C14H21N3O/c18-14(2-1-12-3-7-15-8-4-12)17-11-13-5-9-16-10-6-13/h5-6,9-10,12,15H,1-4,7-8,11H2,(H,17,18). The highest BCUT2D eigenvalue weighted by Crippen LogP contribution is 2.17. The molecule has 18 heavy (non-hydrogen) atoms. The van der Waals surface area contributed by atoms with Crippen LogP contribution in [0, 0.1) is 5.92 Å². The van der Waals surface area contributed by atoms with Crippen molar-refractivity contribution in [3.63, 3.8) is 0 Å². The average Bonchev–Trinajstić information content (AvgIpc) is 2.45. The van der Waals surface area contributed by atoms with Gasteiger partial charge in [-0.3, -0.25) is 9.78 Å². The number of piperidine rings is 1. The fourth-order valence-corrected chi connectivity index (χ4v) is 2.30. The molecule has 0 spiro atoms. The Morgan fingerprint density at radius 2 is 2.06 bits per heavy atom. The number of hydrogen-bond acceptors (Lipinski definition) is 3. The summed E-state index contributed by atoms with van der Waals surface area (Å²) in [6.45, 7) is 2.81. The fourth-order valence-electron chi connectivity index (χ4n) is 2.30. The monoisotopic (exact) mass is 247 g/mol. The van der Waals surface area contributed by atoms with Gasteiger partial charge in [0, 0.05) is 25.4 Å². The van der Waals surface area contributed by atoms with Gasteiger partial charge in [-0.25, -0.2) is 0 Å². The third kappa shape index (κ3) is 4.45. The van der Waals surface area contributed by atoms with Crippen molar-refractivity contribution in [1.82, 2.24) is 15.6 Å². The maximum Gasteiger partial charge on any atom is 0.220 e. The summed E-state index contributed by atoms with van der Waals surface area (Å²) in [7, 11) is 0. The molecule has 1 aliphatic heterocycles. The summed E-state index contributed by atoms with van der Waals surface area (Å²) < 4.78 is 0. The minimum absolute atomic E-state index is 0.158. The van der Waals surface area contributed by atoms with Crippen LogP contribution >= 0.6 is 0 Å². The second-order valence-corrected chi connectivity index (χ2v) is 4.86. The van der Waals surface area contributed by atoms with Gasteiger partial charge in [0.05, 0.1) is 0 Å². The molecule has 4 heteroatoms. The zero-order valence-corrected chi connectivity index (χ0v) is 10.7. The molecule has 1 aliphatic rings. The van der Waals surface area contributed by atoms with E-state index < -0.39 is 0 Å². The van der Waals surface area contributed by atoms with Gasteiger partial charge in [0.25, 0.3) is 0 Å². The van der Waals surface area contributed by atoms with Crippen LogP contribution in [0.2, 0.25) is 0 Å². The van der Waals surface area contributed by atoms with E-state index in [0.717, 1.165) is 31.0 Å². The third-order valence-corrected chi connectivity index (χ3v) is 3.48. The van der Waals surface area contributed by atoms with Crippen LogP contribution in [0.15, 0.2) is 24.5 Å². The zero-order chi connectivity index (χ0) is 12.6. The number of carbonyl (C=O) groups excluding carboxylic acids is 1. The van der Waals surface area contributed by atoms with Gasteiger partial charge in [0.2, 0.25) is 5.91 Å². The normalized spacial score (nSPS) is 16.4. The van der Waals surface area contributed by atoms with Crippen LogP contribution in [-0.2, 0) is 11.3 Å². The summed E-state index contributed by atoms with van der Waals surface area (Å²) in [5.41, 5.74) is 1.10. The van der Waals surface area contributed by atoms with Crippen LogP contribution in [0.3, 0.4) is 0 Å². The first-order valence-electron chi connectivity index (χ1n) is 6.71. The molecule has 1 aromatic heterocycles.